The number of rotatable bonds is 7. The Bertz CT molecular complexity index is 544. The van der Waals surface area contributed by atoms with Gasteiger partial charge in [-0.25, -0.2) is 0 Å². The van der Waals surface area contributed by atoms with Gasteiger partial charge >= 0.3 is 0 Å². The van der Waals surface area contributed by atoms with Gasteiger partial charge in [-0.2, -0.15) is 5.26 Å². The number of ketones is 1. The van der Waals surface area contributed by atoms with Gasteiger partial charge in [0.05, 0.1) is 17.5 Å². The molecule has 0 saturated heterocycles. The van der Waals surface area contributed by atoms with E-state index in [1.807, 2.05) is 4.90 Å². The maximum absolute atomic E-state index is 12.1. The number of hydrogen-bond acceptors (Lipinski definition) is 5. The van der Waals surface area contributed by atoms with Crippen molar-refractivity contribution in [2.75, 3.05) is 13.1 Å². The highest BCUT2D eigenvalue weighted by Gasteiger charge is 2.30. The third-order valence-electron chi connectivity index (χ3n) is 3.32. The quantitative estimate of drug-likeness (QED) is 0.431. The van der Waals surface area contributed by atoms with Crippen LogP contribution < -0.4 is 0 Å². The summed E-state index contributed by atoms with van der Waals surface area (Å²) in [7, 11) is 0. The fraction of sp³-hybridized carbons (Fsp3) is 0.429. The van der Waals surface area contributed by atoms with Crippen molar-refractivity contribution in [3.8, 4) is 6.07 Å². The van der Waals surface area contributed by atoms with E-state index in [1.54, 1.807) is 0 Å². The lowest BCUT2D eigenvalue weighted by Gasteiger charge is -2.19. The summed E-state index contributed by atoms with van der Waals surface area (Å²) in [4.78, 5) is 24.2. The summed E-state index contributed by atoms with van der Waals surface area (Å²) in [6.45, 7) is 0.865. The Labute approximate surface area is 116 Å². The minimum Gasteiger partial charge on any atom is -0.293 e. The van der Waals surface area contributed by atoms with Crippen LogP contribution in [0.1, 0.15) is 29.6 Å². The van der Waals surface area contributed by atoms with E-state index in [0.29, 0.717) is 24.6 Å². The smallest absolute Gasteiger partial charge is 0.269 e. The van der Waals surface area contributed by atoms with Gasteiger partial charge in [-0.3, -0.25) is 19.8 Å². The monoisotopic (exact) mass is 273 g/mol. The van der Waals surface area contributed by atoms with Crippen LogP contribution >= 0.6 is 0 Å². The van der Waals surface area contributed by atoms with Gasteiger partial charge < -0.3 is 0 Å². The predicted octanol–water partition coefficient (Wildman–Crippen LogP) is 2.16. The number of nitriles is 1. The fourth-order valence-corrected chi connectivity index (χ4v) is 2.07. The summed E-state index contributed by atoms with van der Waals surface area (Å²) in [5.41, 5.74) is 0.447. The van der Waals surface area contributed by atoms with Crippen LogP contribution in [0.4, 0.5) is 5.69 Å². The molecule has 1 aromatic carbocycles. The molecule has 0 aliphatic heterocycles. The van der Waals surface area contributed by atoms with Crippen LogP contribution in [0.15, 0.2) is 24.3 Å². The van der Waals surface area contributed by atoms with Crippen molar-refractivity contribution in [2.24, 2.45) is 0 Å². The van der Waals surface area contributed by atoms with Crippen LogP contribution in [-0.2, 0) is 0 Å². The SMILES string of the molecule is N#CCCN(CC(=O)c1ccc([N+](=O)[O-])cc1)C1CC1. The Morgan fingerprint density at radius 1 is 1.40 bits per heavy atom. The molecule has 0 atom stereocenters. The molecular formula is C14H15N3O3. The molecule has 6 nitrogen and oxygen atoms in total. The molecule has 0 radical (unpaired) electrons. The van der Waals surface area contributed by atoms with Gasteiger partial charge in [0.25, 0.3) is 5.69 Å². The molecule has 0 bridgehead atoms. The maximum Gasteiger partial charge on any atom is 0.269 e. The van der Waals surface area contributed by atoms with Crippen LogP contribution in [0.3, 0.4) is 0 Å². The Morgan fingerprint density at radius 3 is 2.55 bits per heavy atom. The second kappa shape index (κ2) is 6.26. The van der Waals surface area contributed by atoms with Crippen molar-refractivity contribution in [2.45, 2.75) is 25.3 Å². The minimum atomic E-state index is -0.488. The summed E-state index contributed by atoms with van der Waals surface area (Å²) >= 11 is 0. The standard InChI is InChI=1S/C14H15N3O3/c15-8-1-9-16(12-6-7-12)10-14(18)11-2-4-13(5-3-11)17(19)20/h2-5,12H,1,6-7,9-10H2. The number of nitrogens with zero attached hydrogens (tertiary/aromatic N) is 3. The molecule has 0 heterocycles. The number of nitro benzene ring substituents is 1. The average Bonchev–Trinajstić information content (AvgIpc) is 3.27. The highest BCUT2D eigenvalue weighted by atomic mass is 16.6. The number of carbonyl (C=O) groups excluding carboxylic acids is 1. The predicted molar refractivity (Wildman–Crippen MR) is 72.3 cm³/mol. The van der Waals surface area contributed by atoms with E-state index < -0.39 is 4.92 Å². The summed E-state index contributed by atoms with van der Waals surface area (Å²) in [6, 6.07) is 8.13. The van der Waals surface area contributed by atoms with Gasteiger partial charge in [-0.15, -0.1) is 0 Å². The lowest BCUT2D eigenvalue weighted by molar-refractivity contribution is -0.384. The molecule has 2 rings (SSSR count). The molecule has 20 heavy (non-hydrogen) atoms. The topological polar surface area (TPSA) is 87.2 Å². The molecule has 1 aliphatic carbocycles. The fourth-order valence-electron chi connectivity index (χ4n) is 2.07. The van der Waals surface area contributed by atoms with Crippen LogP contribution in [0.5, 0.6) is 0 Å². The van der Waals surface area contributed by atoms with E-state index in [1.165, 1.54) is 24.3 Å². The third kappa shape index (κ3) is 3.62. The molecule has 6 heteroatoms. The maximum atomic E-state index is 12.1. The van der Waals surface area contributed by atoms with Gasteiger partial charge in [0.15, 0.2) is 5.78 Å². The lowest BCUT2D eigenvalue weighted by Crippen LogP contribution is -2.32. The van der Waals surface area contributed by atoms with Gasteiger partial charge in [0.1, 0.15) is 0 Å². The van der Waals surface area contributed by atoms with Crippen molar-refractivity contribution in [3.63, 3.8) is 0 Å². The molecule has 0 unspecified atom stereocenters. The van der Waals surface area contributed by atoms with Gasteiger partial charge in [-0.05, 0) is 25.0 Å². The Morgan fingerprint density at radius 2 is 2.05 bits per heavy atom. The number of hydrogen-bond donors (Lipinski definition) is 0. The summed E-state index contributed by atoms with van der Waals surface area (Å²) in [5.74, 6) is -0.0651. The minimum absolute atomic E-state index is 0.0231. The first kappa shape index (κ1) is 14.2. The number of benzene rings is 1. The lowest BCUT2D eigenvalue weighted by atomic mass is 10.1. The van der Waals surface area contributed by atoms with E-state index in [2.05, 4.69) is 6.07 Å². The summed E-state index contributed by atoms with van der Waals surface area (Å²) < 4.78 is 0. The van der Waals surface area contributed by atoms with Crippen molar-refractivity contribution < 1.29 is 9.72 Å². The zero-order valence-electron chi connectivity index (χ0n) is 11.0. The molecule has 1 aromatic rings. The van der Waals surface area contributed by atoms with Gasteiger partial charge in [0, 0.05) is 36.7 Å². The third-order valence-corrected chi connectivity index (χ3v) is 3.32. The van der Waals surface area contributed by atoms with E-state index >= 15 is 0 Å². The Kier molecular flexibility index (Phi) is 4.43. The zero-order chi connectivity index (χ0) is 14.5. The van der Waals surface area contributed by atoms with Gasteiger partial charge in [0.2, 0.25) is 0 Å². The van der Waals surface area contributed by atoms with Crippen LogP contribution in [0, 0.1) is 21.4 Å². The summed E-state index contributed by atoms with van der Waals surface area (Å²) in [6.07, 6.45) is 2.54. The molecule has 1 aliphatic rings. The number of non-ortho nitro benzene ring substituents is 1. The Hall–Kier alpha value is -2.26. The molecule has 0 aromatic heterocycles. The second-order valence-electron chi connectivity index (χ2n) is 4.84. The molecule has 1 fully saturated rings. The van der Waals surface area contributed by atoms with Crippen LogP contribution in [-0.4, -0.2) is 34.7 Å². The van der Waals surface area contributed by atoms with Crippen molar-refractivity contribution >= 4 is 11.5 Å². The molecule has 1 saturated carbocycles. The molecule has 0 spiro atoms. The largest absolute Gasteiger partial charge is 0.293 e. The van der Waals surface area contributed by atoms with Crippen LogP contribution in [0.2, 0.25) is 0 Å². The van der Waals surface area contributed by atoms with Crippen molar-refractivity contribution in [1.82, 2.24) is 4.90 Å². The highest BCUT2D eigenvalue weighted by Crippen LogP contribution is 2.27. The second-order valence-corrected chi connectivity index (χ2v) is 4.84. The first-order chi connectivity index (χ1) is 9.61. The van der Waals surface area contributed by atoms with E-state index in [0.717, 1.165) is 12.8 Å². The number of nitro groups is 1. The molecule has 0 amide bonds. The normalized spacial score (nSPS) is 14.0. The van der Waals surface area contributed by atoms with Crippen molar-refractivity contribution in [1.29, 1.82) is 5.26 Å². The first-order valence-electron chi connectivity index (χ1n) is 6.50. The Balaban J connectivity index is 1.99. The van der Waals surface area contributed by atoms with E-state index in [-0.39, 0.29) is 18.0 Å². The molecule has 104 valence electrons. The highest BCUT2D eigenvalue weighted by molar-refractivity contribution is 5.97. The van der Waals surface area contributed by atoms with E-state index in [9.17, 15) is 14.9 Å². The average molecular weight is 273 g/mol. The first-order valence-corrected chi connectivity index (χ1v) is 6.50. The number of carbonyl (C=O) groups is 1. The van der Waals surface area contributed by atoms with Gasteiger partial charge in [-0.1, -0.05) is 0 Å². The molecule has 0 N–H and O–H groups in total. The number of Topliss-reactive ketones (excluding diaryl/α,β-unsaturated/α-hetero) is 1. The molecular weight excluding hydrogens is 258 g/mol. The zero-order valence-corrected chi connectivity index (χ0v) is 11.0. The van der Waals surface area contributed by atoms with Crippen LogP contribution in [0.25, 0.3) is 0 Å². The van der Waals surface area contributed by atoms with E-state index in [4.69, 9.17) is 5.26 Å². The summed E-state index contributed by atoms with van der Waals surface area (Å²) in [5, 5.41) is 19.2. The van der Waals surface area contributed by atoms with Crippen molar-refractivity contribution in [3.05, 3.63) is 39.9 Å².